The molecule has 0 radical (unpaired) electrons. The zero-order valence-corrected chi connectivity index (χ0v) is 11.9. The van der Waals surface area contributed by atoms with Crippen molar-refractivity contribution in [1.29, 1.82) is 0 Å². The zero-order chi connectivity index (χ0) is 14.4. The van der Waals surface area contributed by atoms with Crippen molar-refractivity contribution in [1.82, 2.24) is 4.98 Å². The third kappa shape index (κ3) is 4.73. The minimum atomic E-state index is -0.410. The van der Waals surface area contributed by atoms with Crippen LogP contribution in [0.1, 0.15) is 34.1 Å². The third-order valence-corrected chi connectivity index (χ3v) is 2.64. The maximum Gasteiger partial charge on any atom is 0.311 e. The van der Waals surface area contributed by atoms with Gasteiger partial charge < -0.3 is 10.6 Å². The maximum absolute atomic E-state index is 11.0. The van der Waals surface area contributed by atoms with Crippen LogP contribution >= 0.6 is 0 Å². The molecule has 1 heterocycles. The van der Waals surface area contributed by atoms with E-state index in [2.05, 4.69) is 29.5 Å². The fourth-order valence-corrected chi connectivity index (χ4v) is 1.98. The van der Waals surface area contributed by atoms with E-state index in [-0.39, 0.29) is 11.7 Å². The molecule has 1 unspecified atom stereocenters. The van der Waals surface area contributed by atoms with Crippen molar-refractivity contribution in [2.75, 3.05) is 17.2 Å². The fraction of sp³-hybridized carbons (Fsp3) is 0.615. The average Bonchev–Trinajstić information content (AvgIpc) is 2.27. The van der Waals surface area contributed by atoms with Crippen molar-refractivity contribution in [3.8, 4) is 0 Å². The second-order valence-electron chi connectivity index (χ2n) is 5.03. The minimum absolute atomic E-state index is 0.0114. The lowest BCUT2D eigenvalue weighted by molar-refractivity contribution is -0.384. The maximum atomic E-state index is 11.0. The van der Waals surface area contributed by atoms with Crippen LogP contribution in [0.5, 0.6) is 0 Å². The van der Waals surface area contributed by atoms with Gasteiger partial charge in [-0.15, -0.1) is 0 Å². The molecule has 1 aromatic rings. The van der Waals surface area contributed by atoms with Crippen molar-refractivity contribution in [2.24, 2.45) is 5.92 Å². The highest BCUT2D eigenvalue weighted by Gasteiger charge is 2.18. The van der Waals surface area contributed by atoms with Gasteiger partial charge >= 0.3 is 5.69 Å². The second-order valence-corrected chi connectivity index (χ2v) is 5.03. The molecule has 0 saturated carbocycles. The van der Waals surface area contributed by atoms with E-state index in [1.165, 1.54) is 6.07 Å². The highest BCUT2D eigenvalue weighted by Crippen LogP contribution is 2.25. The Hall–Kier alpha value is -1.85. The van der Waals surface area contributed by atoms with E-state index in [0.29, 0.717) is 17.6 Å². The van der Waals surface area contributed by atoms with Gasteiger partial charge in [-0.3, -0.25) is 10.1 Å². The number of nitro groups is 1. The number of anilines is 2. The van der Waals surface area contributed by atoms with Crippen molar-refractivity contribution in [3.05, 3.63) is 22.2 Å². The van der Waals surface area contributed by atoms with Gasteiger partial charge in [-0.1, -0.05) is 13.8 Å². The topological polar surface area (TPSA) is 80.1 Å². The Morgan fingerprint density at radius 3 is 2.58 bits per heavy atom. The van der Waals surface area contributed by atoms with E-state index in [4.69, 9.17) is 0 Å². The predicted molar refractivity (Wildman–Crippen MR) is 77.6 cm³/mol. The standard InChI is InChI=1S/C13H22N4O2/c1-5-14-12-7-6-11(17(18)19)13(16-12)15-10(4)8-9(2)3/h6-7,9-10H,5,8H2,1-4H3,(H2,14,15,16). The normalized spacial score (nSPS) is 12.3. The lowest BCUT2D eigenvalue weighted by Gasteiger charge is -2.17. The molecule has 6 nitrogen and oxygen atoms in total. The molecule has 0 aliphatic heterocycles. The number of hydrogen-bond donors (Lipinski definition) is 2. The smallest absolute Gasteiger partial charge is 0.311 e. The minimum Gasteiger partial charge on any atom is -0.370 e. The highest BCUT2D eigenvalue weighted by molar-refractivity contribution is 5.60. The molecule has 1 aromatic heterocycles. The van der Waals surface area contributed by atoms with Gasteiger partial charge in [0.15, 0.2) is 0 Å². The summed E-state index contributed by atoms with van der Waals surface area (Å²) in [5.74, 6) is 1.50. The molecule has 0 aliphatic rings. The average molecular weight is 266 g/mol. The summed E-state index contributed by atoms with van der Waals surface area (Å²) in [5, 5.41) is 17.2. The molecule has 6 heteroatoms. The molecular formula is C13H22N4O2. The number of nitrogens with zero attached hydrogens (tertiary/aromatic N) is 2. The summed E-state index contributed by atoms with van der Waals surface area (Å²) in [5.41, 5.74) is 0.0114. The lowest BCUT2D eigenvalue weighted by atomic mass is 10.1. The molecule has 0 aromatic carbocycles. The molecule has 0 bridgehead atoms. The van der Waals surface area contributed by atoms with Crippen LogP contribution in [0, 0.1) is 16.0 Å². The van der Waals surface area contributed by atoms with Crippen LogP contribution in [0.3, 0.4) is 0 Å². The number of rotatable bonds is 7. The molecule has 0 spiro atoms. The molecule has 1 atom stereocenters. The molecule has 1 rings (SSSR count). The van der Waals surface area contributed by atoms with Crippen LogP contribution < -0.4 is 10.6 Å². The van der Waals surface area contributed by atoms with E-state index in [1.54, 1.807) is 6.07 Å². The number of hydrogen-bond acceptors (Lipinski definition) is 5. The summed E-state index contributed by atoms with van der Waals surface area (Å²) in [4.78, 5) is 14.9. The Morgan fingerprint density at radius 1 is 1.37 bits per heavy atom. The van der Waals surface area contributed by atoms with Crippen LogP contribution in [0.25, 0.3) is 0 Å². The molecule has 19 heavy (non-hydrogen) atoms. The van der Waals surface area contributed by atoms with Gasteiger partial charge in [-0.2, -0.15) is 0 Å². The largest absolute Gasteiger partial charge is 0.370 e. The van der Waals surface area contributed by atoms with E-state index in [9.17, 15) is 10.1 Å². The van der Waals surface area contributed by atoms with Gasteiger partial charge in [0.1, 0.15) is 5.82 Å². The molecule has 106 valence electrons. The Kier molecular flexibility index (Phi) is 5.54. The van der Waals surface area contributed by atoms with Crippen LogP contribution in [0.15, 0.2) is 12.1 Å². The van der Waals surface area contributed by atoms with Crippen LogP contribution in [0.2, 0.25) is 0 Å². The summed E-state index contributed by atoms with van der Waals surface area (Å²) >= 11 is 0. The summed E-state index contributed by atoms with van der Waals surface area (Å²) in [6, 6.07) is 3.25. The van der Waals surface area contributed by atoms with Crippen molar-refractivity contribution in [3.63, 3.8) is 0 Å². The first-order valence-electron chi connectivity index (χ1n) is 6.59. The van der Waals surface area contributed by atoms with Crippen molar-refractivity contribution in [2.45, 2.75) is 40.2 Å². The van der Waals surface area contributed by atoms with E-state index in [1.807, 2.05) is 13.8 Å². The van der Waals surface area contributed by atoms with E-state index >= 15 is 0 Å². The summed E-state index contributed by atoms with van der Waals surface area (Å²) in [7, 11) is 0. The van der Waals surface area contributed by atoms with Gasteiger partial charge in [-0.25, -0.2) is 4.98 Å². The Morgan fingerprint density at radius 2 is 2.05 bits per heavy atom. The summed E-state index contributed by atoms with van der Waals surface area (Å²) in [6.07, 6.45) is 0.935. The molecule has 0 aliphatic carbocycles. The first-order valence-corrected chi connectivity index (χ1v) is 6.59. The first kappa shape index (κ1) is 15.2. The Balaban J connectivity index is 2.93. The monoisotopic (exact) mass is 266 g/mol. The van der Waals surface area contributed by atoms with Gasteiger partial charge in [0.2, 0.25) is 5.82 Å². The van der Waals surface area contributed by atoms with E-state index < -0.39 is 4.92 Å². The van der Waals surface area contributed by atoms with Crippen molar-refractivity contribution < 1.29 is 4.92 Å². The number of nitrogens with one attached hydrogen (secondary N) is 2. The molecule has 2 N–H and O–H groups in total. The molecule has 0 amide bonds. The quantitative estimate of drug-likeness (QED) is 0.585. The number of aromatic nitrogens is 1. The predicted octanol–water partition coefficient (Wildman–Crippen LogP) is 3.27. The second kappa shape index (κ2) is 6.92. The highest BCUT2D eigenvalue weighted by atomic mass is 16.6. The van der Waals surface area contributed by atoms with Crippen LogP contribution in [-0.4, -0.2) is 22.5 Å². The Bertz CT molecular complexity index is 435. The fourth-order valence-electron chi connectivity index (χ4n) is 1.98. The Labute approximate surface area is 113 Å². The van der Waals surface area contributed by atoms with Crippen LogP contribution in [0.4, 0.5) is 17.3 Å². The summed E-state index contributed by atoms with van der Waals surface area (Å²) < 4.78 is 0. The van der Waals surface area contributed by atoms with E-state index in [0.717, 1.165) is 13.0 Å². The molecule has 0 saturated heterocycles. The van der Waals surface area contributed by atoms with Gasteiger partial charge in [0.25, 0.3) is 0 Å². The SMILES string of the molecule is CCNc1ccc([N+](=O)[O-])c(NC(C)CC(C)C)n1. The summed E-state index contributed by atoms with van der Waals surface area (Å²) in [6.45, 7) is 8.93. The van der Waals surface area contributed by atoms with Gasteiger partial charge in [0.05, 0.1) is 4.92 Å². The molecule has 0 fully saturated rings. The lowest BCUT2D eigenvalue weighted by Crippen LogP contribution is -2.19. The van der Waals surface area contributed by atoms with Crippen molar-refractivity contribution >= 4 is 17.3 Å². The van der Waals surface area contributed by atoms with Gasteiger partial charge in [-0.05, 0) is 32.3 Å². The third-order valence-electron chi connectivity index (χ3n) is 2.64. The van der Waals surface area contributed by atoms with Gasteiger partial charge in [0, 0.05) is 18.7 Å². The number of pyridine rings is 1. The zero-order valence-electron chi connectivity index (χ0n) is 11.9. The van der Waals surface area contributed by atoms with Crippen LogP contribution in [-0.2, 0) is 0 Å². The molecular weight excluding hydrogens is 244 g/mol. The first-order chi connectivity index (χ1) is 8.93.